The summed E-state index contributed by atoms with van der Waals surface area (Å²) in [4.78, 5) is 0.0418. The van der Waals surface area contributed by atoms with Crippen LogP contribution in [-0.4, -0.2) is 21.6 Å². The summed E-state index contributed by atoms with van der Waals surface area (Å²) in [5, 5.41) is 0.483. The van der Waals surface area contributed by atoms with Gasteiger partial charge in [-0.05, 0) is 24.3 Å². The van der Waals surface area contributed by atoms with E-state index in [2.05, 4.69) is 4.72 Å². The summed E-state index contributed by atoms with van der Waals surface area (Å²) in [5.74, 6) is 1.30. The molecule has 0 aromatic heterocycles. The molecule has 126 valence electrons. The molecule has 4 rings (SSSR count). The van der Waals surface area contributed by atoms with Crippen LogP contribution in [0, 0.1) is 0 Å². The lowest BCUT2D eigenvalue weighted by Crippen LogP contribution is -2.15. The van der Waals surface area contributed by atoms with Crippen LogP contribution in [0.3, 0.4) is 0 Å². The van der Waals surface area contributed by atoms with Gasteiger partial charge in [-0.2, -0.15) is 0 Å². The highest BCUT2D eigenvalue weighted by Crippen LogP contribution is 2.45. The van der Waals surface area contributed by atoms with E-state index < -0.39 is 10.0 Å². The van der Waals surface area contributed by atoms with E-state index in [1.54, 1.807) is 0 Å². The van der Waals surface area contributed by atoms with Gasteiger partial charge in [-0.3, -0.25) is 4.72 Å². The summed E-state index contributed by atoms with van der Waals surface area (Å²) in [6, 6.07) is 6.13. The number of fused-ring (bicyclic) bond motifs is 2. The van der Waals surface area contributed by atoms with E-state index in [4.69, 9.17) is 32.7 Å². The Kier molecular flexibility index (Phi) is 3.78. The minimum atomic E-state index is -3.82. The molecule has 8 heteroatoms. The number of rotatable bonds is 3. The van der Waals surface area contributed by atoms with Crippen molar-refractivity contribution in [3.63, 3.8) is 0 Å². The Bertz CT molecular complexity index is 911. The van der Waals surface area contributed by atoms with Crippen molar-refractivity contribution in [2.75, 3.05) is 17.9 Å². The molecular weight excluding hydrogens is 373 g/mol. The molecule has 1 N–H and O–H groups in total. The number of benzene rings is 2. The van der Waals surface area contributed by atoms with Crippen LogP contribution in [-0.2, 0) is 22.9 Å². The maximum Gasteiger partial charge on any atom is 0.262 e. The van der Waals surface area contributed by atoms with Gasteiger partial charge in [0.15, 0.2) is 0 Å². The van der Waals surface area contributed by atoms with Gasteiger partial charge < -0.3 is 9.47 Å². The second-order valence-electron chi connectivity index (χ2n) is 5.59. The van der Waals surface area contributed by atoms with Gasteiger partial charge >= 0.3 is 0 Å². The van der Waals surface area contributed by atoms with Crippen molar-refractivity contribution in [2.24, 2.45) is 0 Å². The first-order valence-electron chi connectivity index (χ1n) is 7.38. The van der Waals surface area contributed by atoms with Gasteiger partial charge in [-0.25, -0.2) is 8.42 Å². The Balaban J connectivity index is 1.79. The summed E-state index contributed by atoms with van der Waals surface area (Å²) >= 11 is 11.8. The van der Waals surface area contributed by atoms with Crippen LogP contribution in [0.2, 0.25) is 10.0 Å². The van der Waals surface area contributed by atoms with E-state index in [1.165, 1.54) is 18.2 Å². The molecule has 0 saturated carbocycles. The zero-order valence-electron chi connectivity index (χ0n) is 12.4. The zero-order valence-corrected chi connectivity index (χ0v) is 14.8. The van der Waals surface area contributed by atoms with Gasteiger partial charge in [0.1, 0.15) is 11.5 Å². The topological polar surface area (TPSA) is 64.6 Å². The Labute approximate surface area is 149 Å². The Hall–Kier alpha value is -1.63. The second kappa shape index (κ2) is 5.72. The van der Waals surface area contributed by atoms with Gasteiger partial charge in [-0.1, -0.05) is 23.2 Å². The number of ether oxygens (including phenoxy) is 2. The standard InChI is InChI=1S/C16H13Cl2NO4S/c17-12-2-1-10(8-13(12)18)24(20,21)19-15-11-4-6-22-14(11)7-9-3-5-23-16(9)15/h1-2,7-8,19H,3-6H2. The third-order valence-electron chi connectivity index (χ3n) is 4.09. The van der Waals surface area contributed by atoms with Gasteiger partial charge in [0.25, 0.3) is 10.0 Å². The molecule has 2 aliphatic rings. The minimum absolute atomic E-state index is 0.0418. The largest absolute Gasteiger partial charge is 0.493 e. The second-order valence-corrected chi connectivity index (χ2v) is 8.09. The molecule has 0 bridgehead atoms. The van der Waals surface area contributed by atoms with Crippen molar-refractivity contribution in [1.82, 2.24) is 0 Å². The van der Waals surface area contributed by atoms with Crippen molar-refractivity contribution >= 4 is 38.9 Å². The van der Waals surface area contributed by atoms with Crippen LogP contribution in [0.4, 0.5) is 5.69 Å². The van der Waals surface area contributed by atoms with Crippen LogP contribution in [0.1, 0.15) is 11.1 Å². The van der Waals surface area contributed by atoms with E-state index in [-0.39, 0.29) is 9.92 Å². The molecule has 2 aromatic carbocycles. The maximum atomic E-state index is 12.8. The molecule has 0 unspecified atom stereocenters. The quantitative estimate of drug-likeness (QED) is 0.875. The monoisotopic (exact) mass is 385 g/mol. The SMILES string of the molecule is O=S(=O)(Nc1c2c(cc3c1OCC3)OCC2)c1ccc(Cl)c(Cl)c1. The summed E-state index contributed by atoms with van der Waals surface area (Å²) in [6.07, 6.45) is 1.36. The lowest BCUT2D eigenvalue weighted by atomic mass is 10.0. The number of halogens is 2. The van der Waals surface area contributed by atoms with Crippen molar-refractivity contribution in [2.45, 2.75) is 17.7 Å². The summed E-state index contributed by atoms with van der Waals surface area (Å²) < 4.78 is 39.4. The predicted molar refractivity (Wildman–Crippen MR) is 92.1 cm³/mol. The van der Waals surface area contributed by atoms with Crippen molar-refractivity contribution in [3.05, 3.63) is 45.4 Å². The molecule has 0 aliphatic carbocycles. The minimum Gasteiger partial charge on any atom is -0.493 e. The molecule has 2 heterocycles. The number of hydrogen-bond donors (Lipinski definition) is 1. The number of anilines is 1. The first-order chi connectivity index (χ1) is 11.5. The highest BCUT2D eigenvalue weighted by molar-refractivity contribution is 7.92. The number of hydrogen-bond acceptors (Lipinski definition) is 4. The molecule has 0 saturated heterocycles. The van der Waals surface area contributed by atoms with E-state index in [9.17, 15) is 8.42 Å². The van der Waals surface area contributed by atoms with Gasteiger partial charge in [0.05, 0.1) is 33.8 Å². The molecular formula is C16H13Cl2NO4S. The van der Waals surface area contributed by atoms with Gasteiger partial charge in [0.2, 0.25) is 0 Å². The third kappa shape index (κ3) is 2.59. The fourth-order valence-corrected chi connectivity index (χ4v) is 4.42. The third-order valence-corrected chi connectivity index (χ3v) is 6.17. The number of sulfonamides is 1. The van der Waals surface area contributed by atoms with Gasteiger partial charge in [-0.15, -0.1) is 0 Å². The molecule has 0 amide bonds. The molecule has 2 aliphatic heterocycles. The summed E-state index contributed by atoms with van der Waals surface area (Å²) in [5.41, 5.74) is 2.23. The van der Waals surface area contributed by atoms with Crippen molar-refractivity contribution in [3.8, 4) is 11.5 Å². The average molecular weight is 386 g/mol. The Morgan fingerprint density at radius 3 is 2.58 bits per heavy atom. The molecule has 0 radical (unpaired) electrons. The van der Waals surface area contributed by atoms with Crippen LogP contribution >= 0.6 is 23.2 Å². The van der Waals surface area contributed by atoms with E-state index in [1.807, 2.05) is 6.07 Å². The normalized spacial score (nSPS) is 15.4. The Morgan fingerprint density at radius 1 is 1.00 bits per heavy atom. The first kappa shape index (κ1) is 15.9. The highest BCUT2D eigenvalue weighted by atomic mass is 35.5. The summed E-state index contributed by atoms with van der Waals surface area (Å²) in [7, 11) is -3.82. The van der Waals surface area contributed by atoms with E-state index >= 15 is 0 Å². The van der Waals surface area contributed by atoms with E-state index in [0.717, 1.165) is 17.5 Å². The molecule has 0 fully saturated rings. The van der Waals surface area contributed by atoms with Gasteiger partial charge in [0, 0.05) is 24.0 Å². The Morgan fingerprint density at radius 2 is 1.79 bits per heavy atom. The smallest absolute Gasteiger partial charge is 0.262 e. The molecule has 2 aromatic rings. The zero-order chi connectivity index (χ0) is 16.9. The van der Waals surface area contributed by atoms with Crippen LogP contribution in [0.25, 0.3) is 0 Å². The molecule has 5 nitrogen and oxygen atoms in total. The lowest BCUT2D eigenvalue weighted by Gasteiger charge is -2.15. The predicted octanol–water partition coefficient (Wildman–Crippen LogP) is 3.66. The van der Waals surface area contributed by atoms with Crippen molar-refractivity contribution < 1.29 is 17.9 Å². The highest BCUT2D eigenvalue weighted by Gasteiger charge is 2.29. The first-order valence-corrected chi connectivity index (χ1v) is 9.62. The van der Waals surface area contributed by atoms with Crippen LogP contribution < -0.4 is 14.2 Å². The summed E-state index contributed by atoms with van der Waals surface area (Å²) in [6.45, 7) is 1.06. The lowest BCUT2D eigenvalue weighted by molar-refractivity contribution is 0.356. The van der Waals surface area contributed by atoms with Crippen LogP contribution in [0.15, 0.2) is 29.2 Å². The van der Waals surface area contributed by atoms with Crippen molar-refractivity contribution in [1.29, 1.82) is 0 Å². The number of nitrogens with one attached hydrogen (secondary N) is 1. The van der Waals surface area contributed by atoms with E-state index in [0.29, 0.717) is 41.8 Å². The molecule has 0 spiro atoms. The van der Waals surface area contributed by atoms with Crippen LogP contribution in [0.5, 0.6) is 11.5 Å². The fourth-order valence-electron chi connectivity index (χ4n) is 2.93. The molecule has 0 atom stereocenters. The average Bonchev–Trinajstić information content (AvgIpc) is 3.18. The fraction of sp³-hybridized carbons (Fsp3) is 0.250. The maximum absolute atomic E-state index is 12.8. The molecule has 24 heavy (non-hydrogen) atoms.